The van der Waals surface area contributed by atoms with Crippen LogP contribution in [0.3, 0.4) is 0 Å². The number of anilines is 1. The summed E-state index contributed by atoms with van der Waals surface area (Å²) in [6, 6.07) is 2.28. The topological polar surface area (TPSA) is 71.7 Å². The maximum Gasteiger partial charge on any atom is 0.290 e. The molecule has 2 fully saturated rings. The highest BCUT2D eigenvalue weighted by Crippen LogP contribution is 2.28. The zero-order valence-electron chi connectivity index (χ0n) is 12.9. The number of morpholine rings is 1. The van der Waals surface area contributed by atoms with Crippen molar-refractivity contribution in [2.24, 2.45) is 0 Å². The minimum atomic E-state index is -0.374. The Morgan fingerprint density at radius 1 is 1.41 bits per heavy atom. The first-order chi connectivity index (χ1) is 10.6. The fraction of sp³-hybridized carbons (Fsp3) is 0.667. The van der Waals surface area contributed by atoms with E-state index in [4.69, 9.17) is 4.74 Å². The molecular formula is C15H22N4O3. The van der Waals surface area contributed by atoms with Gasteiger partial charge >= 0.3 is 0 Å². The van der Waals surface area contributed by atoms with E-state index in [1.165, 1.54) is 6.20 Å². The van der Waals surface area contributed by atoms with Crippen molar-refractivity contribution in [1.29, 1.82) is 0 Å². The average molecular weight is 306 g/mol. The second-order valence-electron chi connectivity index (χ2n) is 5.99. The Kier molecular flexibility index (Phi) is 4.54. The normalized spacial score (nSPS) is 23.0. The molecule has 22 heavy (non-hydrogen) atoms. The molecule has 120 valence electrons. The van der Waals surface area contributed by atoms with Crippen molar-refractivity contribution in [3.63, 3.8) is 0 Å². The van der Waals surface area contributed by atoms with E-state index >= 15 is 0 Å². The first-order valence-corrected chi connectivity index (χ1v) is 7.83. The van der Waals surface area contributed by atoms with Crippen molar-refractivity contribution >= 4 is 11.5 Å². The van der Waals surface area contributed by atoms with Gasteiger partial charge in [-0.1, -0.05) is 0 Å². The summed E-state index contributed by atoms with van der Waals surface area (Å²) in [5, 5.41) is 10.9. The number of rotatable bonds is 4. The van der Waals surface area contributed by atoms with E-state index in [2.05, 4.69) is 14.8 Å². The largest absolute Gasteiger partial charge is 0.379 e. The molecule has 0 aromatic carbocycles. The highest BCUT2D eigenvalue weighted by atomic mass is 16.6. The summed E-state index contributed by atoms with van der Waals surface area (Å²) in [4.78, 5) is 19.6. The number of aromatic nitrogens is 1. The third-order valence-electron chi connectivity index (χ3n) is 4.51. The zero-order chi connectivity index (χ0) is 15.5. The fourth-order valence-electron chi connectivity index (χ4n) is 3.29. The monoisotopic (exact) mass is 306 g/mol. The molecule has 1 aromatic heterocycles. The highest BCUT2D eigenvalue weighted by molar-refractivity contribution is 5.50. The van der Waals surface area contributed by atoms with Gasteiger partial charge < -0.3 is 9.64 Å². The molecule has 0 amide bonds. The summed E-state index contributed by atoms with van der Waals surface area (Å²) in [6.45, 7) is 7.34. The van der Waals surface area contributed by atoms with Crippen LogP contribution in [0.2, 0.25) is 0 Å². The van der Waals surface area contributed by atoms with Gasteiger partial charge in [0.25, 0.3) is 5.69 Å². The van der Waals surface area contributed by atoms with Crippen molar-refractivity contribution < 1.29 is 9.66 Å². The molecule has 0 radical (unpaired) electrons. The first-order valence-electron chi connectivity index (χ1n) is 7.83. The SMILES string of the molecule is Cc1cc(N2CCCC2CN2CCOCC2)ncc1[N+](=O)[O-]. The highest BCUT2D eigenvalue weighted by Gasteiger charge is 2.28. The molecule has 7 nitrogen and oxygen atoms in total. The van der Waals surface area contributed by atoms with Gasteiger partial charge in [0.05, 0.1) is 18.1 Å². The van der Waals surface area contributed by atoms with Crippen LogP contribution in [0, 0.1) is 17.0 Å². The number of pyridine rings is 1. The van der Waals surface area contributed by atoms with Crippen LogP contribution in [0.4, 0.5) is 11.5 Å². The molecule has 7 heteroatoms. The third kappa shape index (κ3) is 3.20. The van der Waals surface area contributed by atoms with Gasteiger partial charge in [0.2, 0.25) is 0 Å². The number of nitro groups is 1. The minimum Gasteiger partial charge on any atom is -0.379 e. The lowest BCUT2D eigenvalue weighted by Gasteiger charge is -2.33. The van der Waals surface area contributed by atoms with Crippen LogP contribution < -0.4 is 4.90 Å². The van der Waals surface area contributed by atoms with Gasteiger partial charge in [-0.25, -0.2) is 4.98 Å². The molecule has 3 heterocycles. The Labute approximate surface area is 130 Å². The van der Waals surface area contributed by atoms with Crippen LogP contribution in [-0.2, 0) is 4.74 Å². The summed E-state index contributed by atoms with van der Waals surface area (Å²) in [5.74, 6) is 0.860. The third-order valence-corrected chi connectivity index (χ3v) is 4.51. The van der Waals surface area contributed by atoms with Crippen LogP contribution in [0.1, 0.15) is 18.4 Å². The van der Waals surface area contributed by atoms with E-state index in [-0.39, 0.29) is 10.6 Å². The van der Waals surface area contributed by atoms with Gasteiger partial charge in [0.1, 0.15) is 12.0 Å². The molecule has 2 aliphatic rings. The van der Waals surface area contributed by atoms with E-state index in [9.17, 15) is 10.1 Å². The van der Waals surface area contributed by atoms with Gasteiger partial charge in [0, 0.05) is 37.8 Å². The van der Waals surface area contributed by atoms with E-state index in [0.29, 0.717) is 11.6 Å². The van der Waals surface area contributed by atoms with Crippen LogP contribution in [-0.4, -0.2) is 60.2 Å². The number of nitrogens with zero attached hydrogens (tertiary/aromatic N) is 4. The molecule has 2 saturated heterocycles. The summed E-state index contributed by atoms with van der Waals surface area (Å²) in [5.41, 5.74) is 0.764. The Bertz CT molecular complexity index is 546. The van der Waals surface area contributed by atoms with E-state index in [1.54, 1.807) is 6.92 Å². The zero-order valence-corrected chi connectivity index (χ0v) is 12.9. The van der Waals surface area contributed by atoms with Gasteiger partial charge in [-0.3, -0.25) is 15.0 Å². The summed E-state index contributed by atoms with van der Waals surface area (Å²) >= 11 is 0. The lowest BCUT2D eigenvalue weighted by molar-refractivity contribution is -0.385. The molecule has 0 N–H and O–H groups in total. The van der Waals surface area contributed by atoms with Crippen molar-refractivity contribution in [3.8, 4) is 0 Å². The Morgan fingerprint density at radius 3 is 2.86 bits per heavy atom. The fourth-order valence-corrected chi connectivity index (χ4v) is 3.29. The van der Waals surface area contributed by atoms with E-state index in [1.807, 2.05) is 6.07 Å². The van der Waals surface area contributed by atoms with Crippen LogP contribution >= 0.6 is 0 Å². The maximum absolute atomic E-state index is 10.9. The van der Waals surface area contributed by atoms with Crippen LogP contribution in [0.15, 0.2) is 12.3 Å². The predicted molar refractivity (Wildman–Crippen MR) is 83.3 cm³/mol. The summed E-state index contributed by atoms with van der Waals surface area (Å²) in [7, 11) is 0. The molecule has 0 saturated carbocycles. The molecule has 2 aliphatic heterocycles. The van der Waals surface area contributed by atoms with Crippen LogP contribution in [0.25, 0.3) is 0 Å². The first kappa shape index (κ1) is 15.2. The number of hydrogen-bond donors (Lipinski definition) is 0. The smallest absolute Gasteiger partial charge is 0.290 e. The second-order valence-corrected chi connectivity index (χ2v) is 5.99. The standard InChI is InChI=1S/C15H22N4O3/c1-12-9-15(16-10-14(12)19(20)21)18-4-2-3-13(18)11-17-5-7-22-8-6-17/h9-10,13H,2-8,11H2,1H3. The Morgan fingerprint density at radius 2 is 2.18 bits per heavy atom. The maximum atomic E-state index is 10.9. The lowest BCUT2D eigenvalue weighted by Crippen LogP contribution is -2.45. The number of aryl methyl sites for hydroxylation is 1. The lowest BCUT2D eigenvalue weighted by atomic mass is 10.2. The summed E-state index contributed by atoms with van der Waals surface area (Å²) in [6.07, 6.45) is 3.68. The minimum absolute atomic E-state index is 0.0904. The van der Waals surface area contributed by atoms with Crippen molar-refractivity contribution in [2.45, 2.75) is 25.8 Å². The molecule has 0 aliphatic carbocycles. The van der Waals surface area contributed by atoms with Crippen LogP contribution in [0.5, 0.6) is 0 Å². The molecule has 1 aromatic rings. The molecule has 3 rings (SSSR count). The summed E-state index contributed by atoms with van der Waals surface area (Å²) < 4.78 is 5.40. The molecular weight excluding hydrogens is 284 g/mol. The van der Waals surface area contributed by atoms with Gasteiger partial charge in [-0.2, -0.15) is 0 Å². The Hall–Kier alpha value is -1.73. The van der Waals surface area contributed by atoms with Gasteiger partial charge in [-0.15, -0.1) is 0 Å². The average Bonchev–Trinajstić information content (AvgIpc) is 2.96. The van der Waals surface area contributed by atoms with E-state index < -0.39 is 0 Å². The van der Waals surface area contributed by atoms with Crippen molar-refractivity contribution in [1.82, 2.24) is 9.88 Å². The van der Waals surface area contributed by atoms with Crippen molar-refractivity contribution in [3.05, 3.63) is 27.9 Å². The molecule has 1 atom stereocenters. The van der Waals surface area contributed by atoms with E-state index in [0.717, 1.165) is 58.1 Å². The molecule has 0 bridgehead atoms. The quantitative estimate of drug-likeness (QED) is 0.621. The van der Waals surface area contributed by atoms with Gasteiger partial charge in [0.15, 0.2) is 0 Å². The second kappa shape index (κ2) is 6.58. The molecule has 0 spiro atoms. The molecule has 1 unspecified atom stereocenters. The van der Waals surface area contributed by atoms with Crippen molar-refractivity contribution in [2.75, 3.05) is 44.3 Å². The van der Waals surface area contributed by atoms with Gasteiger partial charge in [-0.05, 0) is 25.8 Å². The number of ether oxygens (including phenoxy) is 1. The number of hydrogen-bond acceptors (Lipinski definition) is 6. The Balaban J connectivity index is 1.72. The predicted octanol–water partition coefficient (Wildman–Crippen LogP) is 1.60.